The van der Waals surface area contributed by atoms with Crippen molar-refractivity contribution in [2.24, 2.45) is 5.92 Å². The third kappa shape index (κ3) is 1.92. The first kappa shape index (κ1) is 13.2. The topological polar surface area (TPSA) is 93.6 Å². The third-order valence-electron chi connectivity index (χ3n) is 3.45. The Balaban J connectivity index is 1.88. The highest BCUT2D eigenvalue weighted by molar-refractivity contribution is 7.90. The molecular weight excluding hydrogens is 284 g/mol. The lowest BCUT2D eigenvalue weighted by molar-refractivity contribution is -0.122. The van der Waals surface area contributed by atoms with Gasteiger partial charge in [-0.15, -0.1) is 0 Å². The van der Waals surface area contributed by atoms with Gasteiger partial charge < -0.3 is 4.74 Å². The second-order valence-electron chi connectivity index (χ2n) is 4.70. The summed E-state index contributed by atoms with van der Waals surface area (Å²) in [4.78, 5) is 27.8. The maximum Gasteiger partial charge on any atom is 0.285 e. The van der Waals surface area contributed by atoms with Crippen LogP contribution in [0.3, 0.4) is 0 Å². The van der Waals surface area contributed by atoms with E-state index in [1.54, 1.807) is 0 Å². The number of carbonyl (C=O) groups excluding carboxylic acids is 2. The minimum absolute atomic E-state index is 0.0166. The summed E-state index contributed by atoms with van der Waals surface area (Å²) >= 11 is 0. The summed E-state index contributed by atoms with van der Waals surface area (Å²) in [5.74, 6) is -1.33. The number of pyridine rings is 1. The van der Waals surface area contributed by atoms with E-state index in [1.807, 2.05) is 0 Å². The molecule has 1 saturated heterocycles. The number of amides is 1. The summed E-state index contributed by atoms with van der Waals surface area (Å²) in [5, 5.41) is -0.277. The Kier molecular flexibility index (Phi) is 3.06. The molecule has 1 amide bonds. The molecule has 1 fully saturated rings. The fourth-order valence-electron chi connectivity index (χ4n) is 2.32. The molecular formula is C12H12N2O5S. The van der Waals surface area contributed by atoms with Crippen LogP contribution in [0.1, 0.15) is 16.8 Å². The molecule has 0 aliphatic carbocycles. The van der Waals surface area contributed by atoms with Crippen molar-refractivity contribution in [3.05, 3.63) is 23.9 Å². The van der Waals surface area contributed by atoms with Gasteiger partial charge in [-0.2, -0.15) is 8.42 Å². The van der Waals surface area contributed by atoms with E-state index in [9.17, 15) is 18.0 Å². The lowest BCUT2D eigenvalue weighted by Gasteiger charge is -2.15. The molecule has 1 atom stereocenters. The first-order valence-corrected chi connectivity index (χ1v) is 7.58. The molecule has 7 nitrogen and oxygen atoms in total. The minimum Gasteiger partial charge on any atom is -0.381 e. The van der Waals surface area contributed by atoms with Crippen LogP contribution in [0, 0.1) is 5.92 Å². The van der Waals surface area contributed by atoms with Crippen LogP contribution in [0.15, 0.2) is 23.4 Å². The lowest BCUT2D eigenvalue weighted by Crippen LogP contribution is -2.37. The highest BCUT2D eigenvalue weighted by Gasteiger charge is 2.44. The molecule has 3 heterocycles. The summed E-state index contributed by atoms with van der Waals surface area (Å²) in [6.45, 7) is 0.316. The number of nitrogens with zero attached hydrogens (tertiary/aromatic N) is 2. The van der Waals surface area contributed by atoms with E-state index in [0.717, 1.165) is 0 Å². The quantitative estimate of drug-likeness (QED) is 0.769. The average molecular weight is 296 g/mol. The van der Waals surface area contributed by atoms with Crippen molar-refractivity contribution in [3.63, 3.8) is 0 Å². The SMILES string of the molecule is O=C(CN1C(=O)c2cccnc2S1(=O)=O)C1CCOC1. The van der Waals surface area contributed by atoms with Gasteiger partial charge in [0.25, 0.3) is 15.9 Å². The smallest absolute Gasteiger partial charge is 0.285 e. The molecule has 1 unspecified atom stereocenters. The van der Waals surface area contributed by atoms with Gasteiger partial charge in [-0.05, 0) is 18.6 Å². The van der Waals surface area contributed by atoms with Crippen molar-refractivity contribution >= 4 is 21.7 Å². The molecule has 1 aromatic heterocycles. The maximum absolute atomic E-state index is 12.2. The monoisotopic (exact) mass is 296 g/mol. The predicted octanol–water partition coefficient (Wildman–Crippen LogP) is -0.168. The second-order valence-corrected chi connectivity index (χ2v) is 6.48. The van der Waals surface area contributed by atoms with Crippen LogP contribution in [0.25, 0.3) is 0 Å². The van der Waals surface area contributed by atoms with Crippen LogP contribution < -0.4 is 0 Å². The summed E-state index contributed by atoms with van der Waals surface area (Å²) < 4.78 is 30.1. The van der Waals surface area contributed by atoms with E-state index >= 15 is 0 Å². The van der Waals surface area contributed by atoms with Gasteiger partial charge in [0.2, 0.25) is 0 Å². The molecule has 0 bridgehead atoms. The number of hydrogen-bond donors (Lipinski definition) is 0. The zero-order valence-corrected chi connectivity index (χ0v) is 11.3. The molecule has 2 aliphatic heterocycles. The van der Waals surface area contributed by atoms with Crippen molar-refractivity contribution in [2.75, 3.05) is 19.8 Å². The first-order valence-electron chi connectivity index (χ1n) is 6.14. The van der Waals surface area contributed by atoms with E-state index in [4.69, 9.17) is 4.74 Å². The maximum atomic E-state index is 12.2. The molecule has 0 N–H and O–H groups in total. The Bertz CT molecular complexity index is 679. The Hall–Kier alpha value is -1.80. The zero-order valence-electron chi connectivity index (χ0n) is 10.5. The average Bonchev–Trinajstić information content (AvgIpc) is 3.02. The van der Waals surface area contributed by atoms with Crippen LogP contribution in [-0.4, -0.2) is 49.2 Å². The number of sulfonamides is 1. The van der Waals surface area contributed by atoms with Gasteiger partial charge in [0.1, 0.15) is 0 Å². The summed E-state index contributed by atoms with van der Waals surface area (Å²) in [7, 11) is -4.01. The Morgan fingerprint density at radius 3 is 2.95 bits per heavy atom. The van der Waals surface area contributed by atoms with Crippen molar-refractivity contribution < 1.29 is 22.7 Å². The standard InChI is InChI=1S/C12H12N2O5S/c15-10(8-3-5-19-7-8)6-14-12(16)9-2-1-4-13-11(9)20(14,17)18/h1-2,4,8H,3,5-7H2. The number of hydrogen-bond acceptors (Lipinski definition) is 6. The second kappa shape index (κ2) is 4.64. The number of rotatable bonds is 3. The van der Waals surface area contributed by atoms with Crippen molar-refractivity contribution in [1.82, 2.24) is 9.29 Å². The van der Waals surface area contributed by atoms with E-state index in [2.05, 4.69) is 4.98 Å². The van der Waals surface area contributed by atoms with Gasteiger partial charge in [-0.25, -0.2) is 9.29 Å². The van der Waals surface area contributed by atoms with Crippen molar-refractivity contribution in [3.8, 4) is 0 Å². The molecule has 0 radical (unpaired) electrons. The predicted molar refractivity (Wildman–Crippen MR) is 66.4 cm³/mol. The van der Waals surface area contributed by atoms with Gasteiger partial charge in [-0.3, -0.25) is 9.59 Å². The van der Waals surface area contributed by atoms with Crippen molar-refractivity contribution in [2.45, 2.75) is 11.4 Å². The van der Waals surface area contributed by atoms with Crippen LogP contribution in [0.5, 0.6) is 0 Å². The Labute approximate surface area is 115 Å². The molecule has 0 aromatic carbocycles. The Morgan fingerprint density at radius 2 is 2.30 bits per heavy atom. The van der Waals surface area contributed by atoms with E-state index in [1.165, 1.54) is 18.3 Å². The molecule has 0 spiro atoms. The van der Waals surface area contributed by atoms with Crippen molar-refractivity contribution in [1.29, 1.82) is 0 Å². The van der Waals surface area contributed by atoms with Crippen LogP contribution >= 0.6 is 0 Å². The molecule has 106 valence electrons. The van der Waals surface area contributed by atoms with E-state index < -0.39 is 22.5 Å². The van der Waals surface area contributed by atoms with Gasteiger partial charge in [0.05, 0.1) is 18.7 Å². The molecule has 8 heteroatoms. The number of ketones is 1. The summed E-state index contributed by atoms with van der Waals surface area (Å²) in [5.41, 5.74) is 0.0166. The minimum atomic E-state index is -4.01. The highest BCUT2D eigenvalue weighted by Crippen LogP contribution is 2.28. The fourth-order valence-corrected chi connectivity index (χ4v) is 3.77. The van der Waals surface area contributed by atoms with Crippen LogP contribution in [-0.2, 0) is 19.6 Å². The third-order valence-corrected chi connectivity index (χ3v) is 5.14. The fraction of sp³-hybridized carbons (Fsp3) is 0.417. The molecule has 1 aromatic rings. The molecule has 0 saturated carbocycles. The largest absolute Gasteiger partial charge is 0.381 e. The first-order chi connectivity index (χ1) is 9.51. The number of ether oxygens (including phenoxy) is 1. The van der Waals surface area contributed by atoms with Crippen LogP contribution in [0.2, 0.25) is 0 Å². The molecule has 3 rings (SSSR count). The zero-order chi connectivity index (χ0) is 14.3. The van der Waals surface area contributed by atoms with Crippen LogP contribution in [0.4, 0.5) is 0 Å². The number of carbonyl (C=O) groups is 2. The van der Waals surface area contributed by atoms with Gasteiger partial charge in [0, 0.05) is 18.7 Å². The number of Topliss-reactive ketones (excluding diaryl/α,β-unsaturated/α-hetero) is 1. The highest BCUT2D eigenvalue weighted by atomic mass is 32.2. The van der Waals surface area contributed by atoms with Gasteiger partial charge in [0.15, 0.2) is 10.8 Å². The number of aromatic nitrogens is 1. The van der Waals surface area contributed by atoms with E-state index in [-0.39, 0.29) is 28.9 Å². The number of fused-ring (bicyclic) bond motifs is 1. The molecule has 20 heavy (non-hydrogen) atoms. The normalized spacial score (nSPS) is 23.9. The lowest BCUT2D eigenvalue weighted by atomic mass is 10.0. The van der Waals surface area contributed by atoms with E-state index in [0.29, 0.717) is 17.3 Å². The van der Waals surface area contributed by atoms with Gasteiger partial charge in [-0.1, -0.05) is 0 Å². The summed E-state index contributed by atoms with van der Waals surface area (Å²) in [6.07, 6.45) is 1.87. The van der Waals surface area contributed by atoms with Gasteiger partial charge >= 0.3 is 0 Å². The Morgan fingerprint density at radius 1 is 1.50 bits per heavy atom. The summed E-state index contributed by atoms with van der Waals surface area (Å²) in [6, 6.07) is 2.88. The molecule has 2 aliphatic rings.